The van der Waals surface area contributed by atoms with Gasteiger partial charge in [-0.05, 0) is 31.2 Å². The molecule has 108 valence electrons. The third kappa shape index (κ3) is 6.15. The molecule has 0 aliphatic heterocycles. The Hall–Kier alpha value is -0.960. The fourth-order valence-corrected chi connectivity index (χ4v) is 2.51. The molecule has 19 heavy (non-hydrogen) atoms. The number of hydrogen-bond donors (Lipinski definition) is 1. The van der Waals surface area contributed by atoms with E-state index in [2.05, 4.69) is 39.9 Å². The van der Waals surface area contributed by atoms with E-state index in [1.165, 1.54) is 12.1 Å². The smallest absolute Gasteiger partial charge is 0.263 e. The fourth-order valence-electron chi connectivity index (χ4n) is 2.51. The summed E-state index contributed by atoms with van der Waals surface area (Å²) in [6, 6.07) is 6.53. The molecule has 0 fully saturated rings. The van der Waals surface area contributed by atoms with Crippen molar-refractivity contribution >= 4 is 0 Å². The van der Waals surface area contributed by atoms with Crippen LogP contribution in [0.25, 0.3) is 0 Å². The van der Waals surface area contributed by atoms with Crippen LogP contribution in [-0.2, 0) is 6.54 Å². The minimum atomic E-state index is -2.39. The van der Waals surface area contributed by atoms with Crippen LogP contribution < -0.4 is 5.32 Å². The molecule has 1 N–H and O–H groups in total. The molecule has 1 rings (SSSR count). The van der Waals surface area contributed by atoms with Gasteiger partial charge in [0.1, 0.15) is 0 Å². The predicted molar refractivity (Wildman–Crippen MR) is 76.4 cm³/mol. The average Bonchev–Trinajstić information content (AvgIpc) is 2.24. The fraction of sp³-hybridized carbons (Fsp3) is 0.625. The van der Waals surface area contributed by atoms with Gasteiger partial charge in [-0.15, -0.1) is 0 Å². The van der Waals surface area contributed by atoms with Crippen molar-refractivity contribution in [2.24, 2.45) is 5.41 Å². The summed E-state index contributed by atoms with van der Waals surface area (Å²) in [6.45, 7) is 11.7. The Bertz CT molecular complexity index is 388. The highest BCUT2D eigenvalue weighted by molar-refractivity contribution is 5.23. The zero-order valence-electron chi connectivity index (χ0n) is 12.6. The van der Waals surface area contributed by atoms with Crippen LogP contribution in [0.15, 0.2) is 24.3 Å². The lowest BCUT2D eigenvalue weighted by atomic mass is 9.82. The van der Waals surface area contributed by atoms with Gasteiger partial charge in [-0.25, -0.2) is 8.78 Å². The van der Waals surface area contributed by atoms with Crippen molar-refractivity contribution in [1.29, 1.82) is 0 Å². The van der Waals surface area contributed by atoms with Gasteiger partial charge in [-0.2, -0.15) is 0 Å². The van der Waals surface area contributed by atoms with E-state index < -0.39 is 6.43 Å². The molecule has 0 saturated carbocycles. The number of hydrogen-bond acceptors (Lipinski definition) is 1. The highest BCUT2D eigenvalue weighted by Gasteiger charge is 2.24. The van der Waals surface area contributed by atoms with E-state index in [0.717, 1.165) is 12.0 Å². The van der Waals surface area contributed by atoms with Gasteiger partial charge >= 0.3 is 0 Å². The molecule has 1 aromatic carbocycles. The van der Waals surface area contributed by atoms with E-state index >= 15 is 0 Å². The molecule has 0 bridgehead atoms. The SMILES string of the molecule is CC(C)(C)CC(C)(C)NCc1ccc(C(F)F)cc1. The Morgan fingerprint density at radius 3 is 1.95 bits per heavy atom. The normalized spacial score (nSPS) is 13.1. The van der Waals surface area contributed by atoms with Crippen LogP contribution in [0.2, 0.25) is 0 Å². The first-order valence-corrected chi connectivity index (χ1v) is 6.71. The Morgan fingerprint density at radius 2 is 1.53 bits per heavy atom. The molecule has 0 unspecified atom stereocenters. The first-order valence-electron chi connectivity index (χ1n) is 6.71. The summed E-state index contributed by atoms with van der Waals surface area (Å²) in [5.74, 6) is 0. The summed E-state index contributed by atoms with van der Waals surface area (Å²) in [6.07, 6.45) is -1.34. The third-order valence-electron chi connectivity index (χ3n) is 2.98. The number of nitrogens with one attached hydrogen (secondary N) is 1. The molecule has 0 amide bonds. The summed E-state index contributed by atoms with van der Waals surface area (Å²) in [7, 11) is 0. The van der Waals surface area contributed by atoms with Crippen LogP contribution in [0, 0.1) is 5.41 Å². The highest BCUT2D eigenvalue weighted by Crippen LogP contribution is 2.27. The lowest BCUT2D eigenvalue weighted by Gasteiger charge is -2.33. The molecule has 0 heterocycles. The molecule has 0 radical (unpaired) electrons. The molecule has 1 aromatic rings. The number of alkyl halides is 2. The second-order valence-electron chi connectivity index (χ2n) is 7.02. The molecule has 0 saturated heterocycles. The van der Waals surface area contributed by atoms with Gasteiger partial charge in [-0.1, -0.05) is 45.0 Å². The zero-order valence-corrected chi connectivity index (χ0v) is 12.6. The number of benzene rings is 1. The summed E-state index contributed by atoms with van der Waals surface area (Å²) < 4.78 is 24.9. The first kappa shape index (κ1) is 16.1. The molecule has 0 spiro atoms. The van der Waals surface area contributed by atoms with E-state index in [-0.39, 0.29) is 16.5 Å². The minimum Gasteiger partial charge on any atom is -0.308 e. The van der Waals surface area contributed by atoms with Crippen molar-refractivity contribution in [1.82, 2.24) is 5.32 Å². The standard InChI is InChI=1S/C16H25F2N/c1-15(2,3)11-16(4,5)19-10-12-6-8-13(9-7-12)14(17)18/h6-9,14,19H,10-11H2,1-5H3. The molecular formula is C16H25F2N. The minimum absolute atomic E-state index is 0.0274. The predicted octanol–water partition coefficient (Wildman–Crippen LogP) is 4.93. The maximum Gasteiger partial charge on any atom is 0.263 e. The zero-order chi connectivity index (χ0) is 14.7. The second kappa shape index (κ2) is 6.00. The lowest BCUT2D eigenvalue weighted by molar-refractivity contribution is 0.151. The maximum absolute atomic E-state index is 12.4. The van der Waals surface area contributed by atoms with E-state index in [4.69, 9.17) is 0 Å². The van der Waals surface area contributed by atoms with Crippen molar-refractivity contribution in [3.8, 4) is 0 Å². The van der Waals surface area contributed by atoms with E-state index in [0.29, 0.717) is 6.54 Å². The van der Waals surface area contributed by atoms with Crippen molar-refractivity contribution in [3.63, 3.8) is 0 Å². The van der Waals surface area contributed by atoms with Crippen molar-refractivity contribution < 1.29 is 8.78 Å². The molecule has 0 atom stereocenters. The average molecular weight is 269 g/mol. The molecule has 1 nitrogen and oxygen atoms in total. The Balaban J connectivity index is 2.56. The summed E-state index contributed by atoms with van der Waals surface area (Å²) >= 11 is 0. The molecule has 0 aromatic heterocycles. The monoisotopic (exact) mass is 269 g/mol. The second-order valence-corrected chi connectivity index (χ2v) is 7.02. The van der Waals surface area contributed by atoms with Crippen molar-refractivity contribution in [2.45, 2.75) is 59.5 Å². The molecule has 0 aliphatic rings. The van der Waals surface area contributed by atoms with Crippen LogP contribution in [-0.4, -0.2) is 5.54 Å². The van der Waals surface area contributed by atoms with Crippen LogP contribution >= 0.6 is 0 Å². The first-order chi connectivity index (χ1) is 8.59. The van der Waals surface area contributed by atoms with Crippen LogP contribution in [0.3, 0.4) is 0 Å². The molecular weight excluding hydrogens is 244 g/mol. The van der Waals surface area contributed by atoms with Gasteiger partial charge in [0.15, 0.2) is 0 Å². The van der Waals surface area contributed by atoms with Crippen LogP contribution in [0.5, 0.6) is 0 Å². The summed E-state index contributed by atoms with van der Waals surface area (Å²) in [5, 5.41) is 3.49. The van der Waals surface area contributed by atoms with Gasteiger partial charge in [0, 0.05) is 17.6 Å². The third-order valence-corrected chi connectivity index (χ3v) is 2.98. The molecule has 0 aliphatic carbocycles. The Morgan fingerprint density at radius 1 is 1.00 bits per heavy atom. The van der Waals surface area contributed by atoms with Crippen LogP contribution in [0.1, 0.15) is 58.6 Å². The van der Waals surface area contributed by atoms with Gasteiger partial charge in [0.05, 0.1) is 0 Å². The van der Waals surface area contributed by atoms with Crippen molar-refractivity contribution in [3.05, 3.63) is 35.4 Å². The summed E-state index contributed by atoms with van der Waals surface area (Å²) in [5.41, 5.74) is 1.40. The van der Waals surface area contributed by atoms with E-state index in [1.54, 1.807) is 12.1 Å². The maximum atomic E-state index is 12.4. The Kier molecular flexibility index (Phi) is 5.08. The van der Waals surface area contributed by atoms with Gasteiger partial charge < -0.3 is 5.32 Å². The van der Waals surface area contributed by atoms with E-state index in [9.17, 15) is 8.78 Å². The van der Waals surface area contributed by atoms with Crippen LogP contribution in [0.4, 0.5) is 8.78 Å². The topological polar surface area (TPSA) is 12.0 Å². The largest absolute Gasteiger partial charge is 0.308 e. The number of halogens is 2. The number of rotatable bonds is 5. The van der Waals surface area contributed by atoms with Gasteiger partial charge in [0.25, 0.3) is 6.43 Å². The van der Waals surface area contributed by atoms with E-state index in [1.807, 2.05) is 0 Å². The van der Waals surface area contributed by atoms with Gasteiger partial charge in [0.2, 0.25) is 0 Å². The van der Waals surface area contributed by atoms with Gasteiger partial charge in [-0.3, -0.25) is 0 Å². The van der Waals surface area contributed by atoms with Crippen molar-refractivity contribution in [2.75, 3.05) is 0 Å². The Labute approximate surface area is 115 Å². The quantitative estimate of drug-likeness (QED) is 0.799. The summed E-state index contributed by atoms with van der Waals surface area (Å²) in [4.78, 5) is 0. The molecule has 3 heteroatoms. The lowest BCUT2D eigenvalue weighted by Crippen LogP contribution is -2.41. The highest BCUT2D eigenvalue weighted by atomic mass is 19.3.